The van der Waals surface area contributed by atoms with Crippen molar-refractivity contribution >= 4 is 0 Å². The SMILES string of the molecule is CCCCCCCCCCCCCCCCCCOc1[c]c[c]cc1. The van der Waals surface area contributed by atoms with E-state index in [2.05, 4.69) is 19.1 Å². The van der Waals surface area contributed by atoms with Crippen LogP contribution >= 0.6 is 0 Å². The van der Waals surface area contributed by atoms with E-state index >= 15 is 0 Å². The van der Waals surface area contributed by atoms with Gasteiger partial charge in [0, 0.05) is 6.07 Å². The molecule has 0 saturated heterocycles. The maximum atomic E-state index is 5.65. The van der Waals surface area contributed by atoms with Gasteiger partial charge in [-0.05, 0) is 24.6 Å². The minimum Gasteiger partial charge on any atom is -0.493 e. The maximum absolute atomic E-state index is 5.65. The summed E-state index contributed by atoms with van der Waals surface area (Å²) in [6.45, 7) is 3.11. The Morgan fingerprint density at radius 1 is 0.680 bits per heavy atom. The third kappa shape index (κ3) is 15.0. The van der Waals surface area contributed by atoms with Gasteiger partial charge in [-0.1, -0.05) is 109 Å². The fourth-order valence-corrected chi connectivity index (χ4v) is 3.25. The first-order valence-electron chi connectivity index (χ1n) is 10.9. The Kier molecular flexibility index (Phi) is 15.7. The quantitative estimate of drug-likeness (QED) is 0.246. The molecule has 142 valence electrons. The number of ether oxygens (including phenoxy) is 1. The van der Waals surface area contributed by atoms with Crippen molar-refractivity contribution < 1.29 is 4.74 Å². The average Bonchev–Trinajstić information content (AvgIpc) is 2.65. The molecule has 25 heavy (non-hydrogen) atoms. The highest BCUT2D eigenvalue weighted by Crippen LogP contribution is 2.14. The van der Waals surface area contributed by atoms with Crippen molar-refractivity contribution in [2.24, 2.45) is 0 Å². The van der Waals surface area contributed by atoms with Crippen molar-refractivity contribution in [3.8, 4) is 5.75 Å². The third-order valence-corrected chi connectivity index (χ3v) is 4.88. The first-order chi connectivity index (χ1) is 12.4. The van der Waals surface area contributed by atoms with E-state index in [1.807, 2.05) is 12.1 Å². The van der Waals surface area contributed by atoms with Gasteiger partial charge in [-0.2, -0.15) is 0 Å². The minimum absolute atomic E-state index is 0.818. The van der Waals surface area contributed by atoms with Crippen LogP contribution in [0.4, 0.5) is 0 Å². The standard InChI is InChI=1S/C24H40O/c1-2-3-4-5-6-7-8-9-10-11-12-13-14-15-16-20-23-25-24-21-18-17-19-22-24/h18-19,21H,2-16,20,23H2,1H3. The molecule has 1 rings (SSSR count). The Hall–Kier alpha value is -0.980. The molecule has 1 heteroatoms. The summed E-state index contributed by atoms with van der Waals surface area (Å²) in [5, 5.41) is 0. The summed E-state index contributed by atoms with van der Waals surface area (Å²) in [5.41, 5.74) is 0. The van der Waals surface area contributed by atoms with Gasteiger partial charge in [-0.15, -0.1) is 0 Å². The summed E-state index contributed by atoms with van der Waals surface area (Å²) in [6, 6.07) is 11.6. The van der Waals surface area contributed by atoms with Crippen LogP contribution in [-0.2, 0) is 0 Å². The van der Waals surface area contributed by atoms with Crippen LogP contribution in [0.25, 0.3) is 0 Å². The lowest BCUT2D eigenvalue weighted by Gasteiger charge is -2.05. The van der Waals surface area contributed by atoms with Gasteiger partial charge in [0.05, 0.1) is 6.61 Å². The van der Waals surface area contributed by atoms with E-state index in [1.54, 1.807) is 6.07 Å². The van der Waals surface area contributed by atoms with Crippen LogP contribution in [0.15, 0.2) is 18.2 Å². The minimum atomic E-state index is 0.818. The molecule has 0 N–H and O–H groups in total. The Labute approximate surface area is 157 Å². The van der Waals surface area contributed by atoms with E-state index < -0.39 is 0 Å². The van der Waals surface area contributed by atoms with Gasteiger partial charge < -0.3 is 4.74 Å². The summed E-state index contributed by atoms with van der Waals surface area (Å²) >= 11 is 0. The van der Waals surface area contributed by atoms with Crippen LogP contribution in [-0.4, -0.2) is 6.61 Å². The van der Waals surface area contributed by atoms with Crippen molar-refractivity contribution in [2.45, 2.75) is 110 Å². The number of hydrogen-bond acceptors (Lipinski definition) is 1. The lowest BCUT2D eigenvalue weighted by Crippen LogP contribution is -1.97. The number of hydrogen-bond donors (Lipinski definition) is 0. The highest BCUT2D eigenvalue weighted by atomic mass is 16.5. The van der Waals surface area contributed by atoms with Crippen molar-refractivity contribution in [1.82, 2.24) is 0 Å². The summed E-state index contributed by atoms with van der Waals surface area (Å²) < 4.78 is 5.65. The smallest absolute Gasteiger partial charge is 0.127 e. The summed E-state index contributed by atoms with van der Waals surface area (Å²) in [7, 11) is 0. The van der Waals surface area contributed by atoms with E-state index in [-0.39, 0.29) is 0 Å². The molecule has 0 saturated carbocycles. The van der Waals surface area contributed by atoms with E-state index in [4.69, 9.17) is 4.74 Å². The zero-order valence-electron chi connectivity index (χ0n) is 16.7. The molecule has 0 atom stereocenters. The van der Waals surface area contributed by atoms with Crippen LogP contribution in [0.1, 0.15) is 110 Å². The van der Waals surface area contributed by atoms with Gasteiger partial charge in [0.25, 0.3) is 0 Å². The van der Waals surface area contributed by atoms with E-state index in [0.29, 0.717) is 0 Å². The maximum Gasteiger partial charge on any atom is 0.127 e. The molecule has 0 spiro atoms. The predicted molar refractivity (Wildman–Crippen MR) is 109 cm³/mol. The molecule has 1 nitrogen and oxygen atoms in total. The van der Waals surface area contributed by atoms with Crippen LogP contribution in [0.5, 0.6) is 5.75 Å². The number of unbranched alkanes of at least 4 members (excludes halogenated alkanes) is 15. The zero-order chi connectivity index (χ0) is 17.8. The van der Waals surface area contributed by atoms with Gasteiger partial charge in [-0.25, -0.2) is 0 Å². The Morgan fingerprint density at radius 3 is 1.60 bits per heavy atom. The first-order valence-corrected chi connectivity index (χ1v) is 10.9. The molecule has 0 bridgehead atoms. The van der Waals surface area contributed by atoms with E-state index in [1.165, 1.54) is 96.3 Å². The van der Waals surface area contributed by atoms with E-state index in [0.717, 1.165) is 18.8 Å². The molecule has 0 unspecified atom stereocenters. The molecule has 0 fully saturated rings. The number of rotatable bonds is 18. The normalized spacial score (nSPS) is 10.9. The van der Waals surface area contributed by atoms with Crippen molar-refractivity contribution in [2.75, 3.05) is 6.61 Å². The molecular weight excluding hydrogens is 304 g/mol. The fraction of sp³-hybridized carbons (Fsp3) is 0.750. The molecular formula is C24H40O. The third-order valence-electron chi connectivity index (χ3n) is 4.88. The molecule has 0 heterocycles. The molecule has 0 aliphatic carbocycles. The van der Waals surface area contributed by atoms with Gasteiger partial charge in [0.15, 0.2) is 0 Å². The van der Waals surface area contributed by atoms with Crippen LogP contribution in [0, 0.1) is 12.1 Å². The lowest BCUT2D eigenvalue weighted by molar-refractivity contribution is 0.303. The summed E-state index contributed by atoms with van der Waals surface area (Å²) in [5.74, 6) is 0.847. The largest absolute Gasteiger partial charge is 0.493 e. The Balaban J connectivity index is 1.69. The second-order valence-corrected chi connectivity index (χ2v) is 7.30. The molecule has 0 aliphatic heterocycles. The van der Waals surface area contributed by atoms with Gasteiger partial charge in [0.1, 0.15) is 5.75 Å². The second-order valence-electron chi connectivity index (χ2n) is 7.30. The Bertz CT molecular complexity index is 360. The van der Waals surface area contributed by atoms with Crippen molar-refractivity contribution in [3.05, 3.63) is 30.3 Å². The van der Waals surface area contributed by atoms with E-state index in [9.17, 15) is 0 Å². The van der Waals surface area contributed by atoms with Crippen LogP contribution in [0.2, 0.25) is 0 Å². The fourth-order valence-electron chi connectivity index (χ4n) is 3.25. The lowest BCUT2D eigenvalue weighted by atomic mass is 10.0. The van der Waals surface area contributed by atoms with Crippen molar-refractivity contribution in [1.29, 1.82) is 0 Å². The van der Waals surface area contributed by atoms with Gasteiger partial charge in [-0.3, -0.25) is 0 Å². The van der Waals surface area contributed by atoms with Crippen molar-refractivity contribution in [3.63, 3.8) is 0 Å². The van der Waals surface area contributed by atoms with Gasteiger partial charge in [0.2, 0.25) is 0 Å². The number of benzene rings is 1. The highest BCUT2D eigenvalue weighted by molar-refractivity contribution is 5.18. The monoisotopic (exact) mass is 344 g/mol. The first kappa shape index (κ1) is 22.1. The summed E-state index contributed by atoms with van der Waals surface area (Å²) in [4.78, 5) is 0. The highest BCUT2D eigenvalue weighted by Gasteiger charge is 1.95. The molecule has 0 aliphatic rings. The molecule has 0 aromatic heterocycles. The Morgan fingerprint density at radius 2 is 1.16 bits per heavy atom. The topological polar surface area (TPSA) is 9.23 Å². The predicted octanol–water partition coefficient (Wildman–Crippen LogP) is 7.93. The van der Waals surface area contributed by atoms with Crippen LogP contribution in [0.3, 0.4) is 0 Å². The summed E-state index contributed by atoms with van der Waals surface area (Å²) in [6.07, 6.45) is 22.5. The molecule has 2 radical (unpaired) electrons. The average molecular weight is 345 g/mol. The zero-order valence-corrected chi connectivity index (χ0v) is 16.7. The van der Waals surface area contributed by atoms with Gasteiger partial charge >= 0.3 is 0 Å². The molecule has 0 amide bonds. The second kappa shape index (κ2) is 17.8. The molecule has 1 aromatic carbocycles. The van der Waals surface area contributed by atoms with Crippen LogP contribution < -0.4 is 4.74 Å². The molecule has 1 aromatic rings.